The number of piperazine rings is 1. The lowest BCUT2D eigenvalue weighted by atomic mass is 9.78. The number of nitrogens with one attached hydrogen (secondary N) is 1. The van der Waals surface area contributed by atoms with Gasteiger partial charge in [-0.25, -0.2) is 8.42 Å². The largest absolute Gasteiger partial charge is 0.351 e. The van der Waals surface area contributed by atoms with Crippen LogP contribution >= 0.6 is 23.2 Å². The fourth-order valence-corrected chi connectivity index (χ4v) is 6.25. The van der Waals surface area contributed by atoms with Crippen molar-refractivity contribution >= 4 is 50.2 Å². The monoisotopic (exact) mass is 563 g/mol. The molecule has 2 atom stereocenters. The van der Waals surface area contributed by atoms with E-state index in [-0.39, 0.29) is 11.9 Å². The maximum absolute atomic E-state index is 13.7. The molecule has 1 N–H and O–H groups in total. The van der Waals surface area contributed by atoms with Crippen molar-refractivity contribution in [2.24, 2.45) is 0 Å². The van der Waals surface area contributed by atoms with Gasteiger partial charge in [-0.15, -0.1) is 0 Å². The molecule has 198 valence electrons. The summed E-state index contributed by atoms with van der Waals surface area (Å²) in [5, 5.41) is 3.91. The minimum atomic E-state index is -3.25. The average Bonchev–Trinajstić information content (AvgIpc) is 2.86. The van der Waals surface area contributed by atoms with Gasteiger partial charge in [0, 0.05) is 44.6 Å². The van der Waals surface area contributed by atoms with Gasteiger partial charge in [-0.2, -0.15) is 4.31 Å². The molecule has 2 heterocycles. The molecule has 3 aromatic rings. The summed E-state index contributed by atoms with van der Waals surface area (Å²) in [5.41, 5.74) is 2.37. The molecule has 0 spiro atoms. The summed E-state index contributed by atoms with van der Waals surface area (Å²) >= 11 is 12.5. The molecule has 4 rings (SSSR count). The van der Waals surface area contributed by atoms with Crippen LogP contribution in [0.1, 0.15) is 31.4 Å². The SMILES string of the molecule is C[C@@H]1CN(CCC(C)(C(=O)NCc2ccc3nccnc3c2)c2ccc(Cl)c(Cl)c2)CCN1S(C)(=O)=O. The molecule has 1 amide bonds. The van der Waals surface area contributed by atoms with E-state index in [1.807, 2.05) is 38.1 Å². The summed E-state index contributed by atoms with van der Waals surface area (Å²) in [5.74, 6) is -0.132. The van der Waals surface area contributed by atoms with E-state index in [2.05, 4.69) is 20.2 Å². The van der Waals surface area contributed by atoms with Crippen molar-refractivity contribution in [1.29, 1.82) is 0 Å². The molecule has 1 saturated heterocycles. The van der Waals surface area contributed by atoms with Crippen LogP contribution in [0.25, 0.3) is 11.0 Å². The highest BCUT2D eigenvalue weighted by Gasteiger charge is 2.37. The number of carbonyl (C=O) groups excluding carboxylic acids is 1. The van der Waals surface area contributed by atoms with Gasteiger partial charge >= 0.3 is 0 Å². The molecule has 0 aliphatic carbocycles. The maximum atomic E-state index is 13.7. The molecule has 1 fully saturated rings. The van der Waals surface area contributed by atoms with Crippen LogP contribution < -0.4 is 5.32 Å². The topological polar surface area (TPSA) is 95.5 Å². The molecule has 11 heteroatoms. The first-order chi connectivity index (χ1) is 17.5. The molecule has 37 heavy (non-hydrogen) atoms. The normalized spacial score (nSPS) is 19.0. The number of rotatable bonds is 8. The van der Waals surface area contributed by atoms with E-state index >= 15 is 0 Å². The fourth-order valence-electron chi connectivity index (χ4n) is 4.82. The van der Waals surface area contributed by atoms with Gasteiger partial charge in [0.2, 0.25) is 15.9 Å². The zero-order chi connectivity index (χ0) is 26.8. The van der Waals surface area contributed by atoms with Crippen LogP contribution in [0.2, 0.25) is 10.0 Å². The first-order valence-electron chi connectivity index (χ1n) is 12.1. The van der Waals surface area contributed by atoms with Gasteiger partial charge in [0.15, 0.2) is 0 Å². The Bertz CT molecular complexity index is 1400. The van der Waals surface area contributed by atoms with Crippen LogP contribution in [-0.4, -0.2) is 72.0 Å². The number of benzene rings is 2. The van der Waals surface area contributed by atoms with Crippen molar-refractivity contribution in [2.45, 2.75) is 38.3 Å². The number of halogens is 2. The predicted molar refractivity (Wildman–Crippen MR) is 147 cm³/mol. The van der Waals surface area contributed by atoms with Gasteiger partial charge in [-0.05, 0) is 62.2 Å². The van der Waals surface area contributed by atoms with Gasteiger partial charge in [0.05, 0.1) is 32.7 Å². The zero-order valence-corrected chi connectivity index (χ0v) is 23.4. The van der Waals surface area contributed by atoms with Gasteiger partial charge in [-0.3, -0.25) is 14.8 Å². The molecular formula is C26H31Cl2N5O3S. The smallest absolute Gasteiger partial charge is 0.230 e. The van der Waals surface area contributed by atoms with E-state index < -0.39 is 15.4 Å². The molecule has 1 aliphatic rings. The highest BCUT2D eigenvalue weighted by atomic mass is 35.5. The van der Waals surface area contributed by atoms with Crippen molar-refractivity contribution in [3.05, 3.63) is 70.0 Å². The second kappa shape index (κ2) is 11.2. The lowest BCUT2D eigenvalue weighted by Crippen LogP contribution is -2.54. The molecule has 1 unspecified atom stereocenters. The zero-order valence-electron chi connectivity index (χ0n) is 21.1. The average molecular weight is 565 g/mol. The van der Waals surface area contributed by atoms with Crippen LogP contribution in [0.5, 0.6) is 0 Å². The van der Waals surface area contributed by atoms with E-state index in [1.54, 1.807) is 24.5 Å². The van der Waals surface area contributed by atoms with Gasteiger partial charge in [0.1, 0.15) is 0 Å². The van der Waals surface area contributed by atoms with Crippen molar-refractivity contribution in [3.8, 4) is 0 Å². The molecule has 1 aliphatic heterocycles. The molecular weight excluding hydrogens is 533 g/mol. The highest BCUT2D eigenvalue weighted by Crippen LogP contribution is 2.33. The molecule has 1 aromatic heterocycles. The lowest BCUT2D eigenvalue weighted by molar-refractivity contribution is -0.126. The number of sulfonamides is 1. The van der Waals surface area contributed by atoms with Gasteiger partial charge in [0.25, 0.3) is 0 Å². The van der Waals surface area contributed by atoms with Gasteiger partial charge < -0.3 is 10.2 Å². The standard InChI is InChI=1S/C26H31Cl2N5O3S/c1-18-17-32(12-13-33(18)37(3,35)36)11-8-26(2,20-5-6-21(27)22(28)15-20)25(34)31-16-19-4-7-23-24(14-19)30-10-9-29-23/h4-7,9-10,14-15,18H,8,11-13,16-17H2,1-3H3,(H,31,34)/t18-,26?/m1/s1. The minimum Gasteiger partial charge on any atom is -0.351 e. The summed E-state index contributed by atoms with van der Waals surface area (Å²) in [7, 11) is -3.25. The quantitative estimate of drug-likeness (QED) is 0.447. The van der Waals surface area contributed by atoms with Crippen molar-refractivity contribution < 1.29 is 13.2 Å². The summed E-state index contributed by atoms with van der Waals surface area (Å²) in [6.45, 7) is 6.42. The molecule has 8 nitrogen and oxygen atoms in total. The fraction of sp³-hybridized carbons (Fsp3) is 0.423. The Labute approximate surface area is 228 Å². The number of hydrogen-bond donors (Lipinski definition) is 1. The van der Waals surface area contributed by atoms with Crippen LogP contribution in [0.4, 0.5) is 0 Å². The van der Waals surface area contributed by atoms with E-state index in [4.69, 9.17) is 23.2 Å². The van der Waals surface area contributed by atoms with E-state index in [9.17, 15) is 13.2 Å². The first-order valence-corrected chi connectivity index (χ1v) is 14.7. The number of fused-ring (bicyclic) bond motifs is 1. The summed E-state index contributed by atoms with van der Waals surface area (Å²) < 4.78 is 25.6. The second-order valence-corrected chi connectivity index (χ2v) is 12.5. The van der Waals surface area contributed by atoms with Crippen molar-refractivity contribution in [2.75, 3.05) is 32.4 Å². The third-order valence-electron chi connectivity index (χ3n) is 7.05. The number of amides is 1. The Morgan fingerprint density at radius 1 is 1.08 bits per heavy atom. The minimum absolute atomic E-state index is 0.132. The van der Waals surface area contributed by atoms with E-state index in [1.165, 1.54) is 10.6 Å². The van der Waals surface area contributed by atoms with Crippen LogP contribution in [0, 0.1) is 0 Å². The second-order valence-electron chi connectivity index (χ2n) is 9.80. The summed E-state index contributed by atoms with van der Waals surface area (Å²) in [4.78, 5) is 24.5. The summed E-state index contributed by atoms with van der Waals surface area (Å²) in [6.07, 6.45) is 5.05. The third-order valence-corrected chi connectivity index (χ3v) is 9.18. The predicted octanol–water partition coefficient (Wildman–Crippen LogP) is 3.87. The number of aromatic nitrogens is 2. The van der Waals surface area contributed by atoms with Crippen LogP contribution in [0.15, 0.2) is 48.8 Å². The Morgan fingerprint density at radius 3 is 2.49 bits per heavy atom. The summed E-state index contributed by atoms with van der Waals surface area (Å²) in [6, 6.07) is 10.9. The van der Waals surface area contributed by atoms with Crippen molar-refractivity contribution in [3.63, 3.8) is 0 Å². The molecule has 0 bridgehead atoms. The Balaban J connectivity index is 1.51. The van der Waals surface area contributed by atoms with Crippen LogP contribution in [-0.2, 0) is 26.8 Å². The van der Waals surface area contributed by atoms with Crippen molar-refractivity contribution in [1.82, 2.24) is 24.5 Å². The van der Waals surface area contributed by atoms with E-state index in [0.717, 1.165) is 22.2 Å². The van der Waals surface area contributed by atoms with E-state index in [0.29, 0.717) is 49.2 Å². The highest BCUT2D eigenvalue weighted by molar-refractivity contribution is 7.88. The van der Waals surface area contributed by atoms with Crippen LogP contribution in [0.3, 0.4) is 0 Å². The molecule has 0 radical (unpaired) electrons. The van der Waals surface area contributed by atoms with Gasteiger partial charge in [-0.1, -0.05) is 35.3 Å². The first kappa shape index (κ1) is 27.7. The Hall–Kier alpha value is -2.30. The number of hydrogen-bond acceptors (Lipinski definition) is 6. The number of carbonyl (C=O) groups is 1. The maximum Gasteiger partial charge on any atom is 0.230 e. The molecule has 2 aromatic carbocycles. The molecule has 0 saturated carbocycles. The Morgan fingerprint density at radius 2 is 1.81 bits per heavy atom. The third kappa shape index (κ3) is 6.41. The lowest BCUT2D eigenvalue weighted by Gasteiger charge is -2.40. The Kier molecular flexibility index (Phi) is 8.40. The number of nitrogens with zero attached hydrogens (tertiary/aromatic N) is 4.